The summed E-state index contributed by atoms with van der Waals surface area (Å²) in [7, 11) is 2.17. The molecule has 2 rings (SSSR count). The highest BCUT2D eigenvalue weighted by Crippen LogP contribution is 2.25. The Hall–Kier alpha value is -0.610. The Morgan fingerprint density at radius 1 is 1.50 bits per heavy atom. The zero-order chi connectivity index (χ0) is 11.5. The maximum Gasteiger partial charge on any atom is 0.237 e. The van der Waals surface area contributed by atoms with Crippen LogP contribution in [0.15, 0.2) is 0 Å². The van der Waals surface area contributed by atoms with E-state index in [4.69, 9.17) is 0 Å². The molecule has 0 bridgehead atoms. The lowest BCUT2D eigenvalue weighted by Crippen LogP contribution is -2.42. The molecule has 0 aromatic rings. The molecule has 16 heavy (non-hydrogen) atoms. The molecule has 1 amide bonds. The molecule has 1 N–H and O–H groups in total. The van der Waals surface area contributed by atoms with Gasteiger partial charge in [0.1, 0.15) is 0 Å². The van der Waals surface area contributed by atoms with Crippen LogP contribution in [0.5, 0.6) is 0 Å². The first-order chi connectivity index (χ1) is 7.72. The van der Waals surface area contributed by atoms with Gasteiger partial charge in [0.2, 0.25) is 5.91 Å². The summed E-state index contributed by atoms with van der Waals surface area (Å²) in [5.74, 6) is 0.266. The normalized spacial score (nSPS) is 25.8. The maximum atomic E-state index is 11.7. The maximum absolute atomic E-state index is 11.7. The summed E-state index contributed by atoms with van der Waals surface area (Å²) >= 11 is 0. The molecule has 1 aliphatic heterocycles. The van der Waals surface area contributed by atoms with Crippen molar-refractivity contribution in [2.75, 3.05) is 26.7 Å². The Bertz CT molecular complexity index is 253. The lowest BCUT2D eigenvalue weighted by molar-refractivity contribution is -0.128. The van der Waals surface area contributed by atoms with Crippen LogP contribution < -0.4 is 5.32 Å². The highest BCUT2D eigenvalue weighted by Gasteiger charge is 2.31. The van der Waals surface area contributed by atoms with Gasteiger partial charge in [-0.1, -0.05) is 13.3 Å². The van der Waals surface area contributed by atoms with Gasteiger partial charge in [-0.25, -0.2) is 0 Å². The van der Waals surface area contributed by atoms with Gasteiger partial charge in [0.15, 0.2) is 0 Å². The molecule has 1 aliphatic carbocycles. The highest BCUT2D eigenvalue weighted by atomic mass is 16.2. The van der Waals surface area contributed by atoms with Gasteiger partial charge in [0, 0.05) is 19.1 Å². The first-order valence-corrected chi connectivity index (χ1v) is 6.45. The molecule has 1 unspecified atom stereocenters. The smallest absolute Gasteiger partial charge is 0.237 e. The van der Waals surface area contributed by atoms with Crippen molar-refractivity contribution in [2.45, 2.75) is 44.8 Å². The highest BCUT2D eigenvalue weighted by molar-refractivity contribution is 5.80. The molecular formula is C12H23N3O. The van der Waals surface area contributed by atoms with Gasteiger partial charge in [-0.15, -0.1) is 0 Å². The Kier molecular flexibility index (Phi) is 3.82. The van der Waals surface area contributed by atoms with Crippen molar-refractivity contribution in [3.63, 3.8) is 0 Å². The fourth-order valence-corrected chi connectivity index (χ4v) is 2.37. The van der Waals surface area contributed by atoms with Crippen LogP contribution >= 0.6 is 0 Å². The average molecular weight is 225 g/mol. The van der Waals surface area contributed by atoms with E-state index in [0.717, 1.165) is 32.0 Å². The molecule has 0 spiro atoms. The van der Waals surface area contributed by atoms with E-state index in [2.05, 4.69) is 24.2 Å². The number of hydrogen-bond acceptors (Lipinski definition) is 3. The van der Waals surface area contributed by atoms with E-state index in [-0.39, 0.29) is 12.1 Å². The third kappa shape index (κ3) is 2.74. The molecule has 1 heterocycles. The quantitative estimate of drug-likeness (QED) is 0.720. The number of likely N-dealkylation sites (N-methyl/N-ethyl adjacent to an activating group) is 1. The Morgan fingerprint density at radius 2 is 2.25 bits per heavy atom. The van der Waals surface area contributed by atoms with Crippen LogP contribution in [0.1, 0.15) is 32.6 Å². The van der Waals surface area contributed by atoms with Gasteiger partial charge >= 0.3 is 0 Å². The van der Waals surface area contributed by atoms with Crippen molar-refractivity contribution in [3.05, 3.63) is 0 Å². The summed E-state index contributed by atoms with van der Waals surface area (Å²) in [5.41, 5.74) is 0. The molecule has 4 nitrogen and oxygen atoms in total. The van der Waals surface area contributed by atoms with E-state index in [1.165, 1.54) is 12.8 Å². The number of carbonyl (C=O) groups is 1. The molecule has 2 fully saturated rings. The molecule has 1 atom stereocenters. The summed E-state index contributed by atoms with van der Waals surface area (Å²) in [6, 6.07) is 0.787. The number of carbonyl (C=O) groups excluding carboxylic acids is 1. The summed E-state index contributed by atoms with van der Waals surface area (Å²) in [6.07, 6.45) is 5.14. The lowest BCUT2D eigenvalue weighted by atomic mass is 10.2. The predicted octanol–water partition coefficient (Wildman–Crippen LogP) is 0.639. The van der Waals surface area contributed by atoms with Crippen LogP contribution in [0.2, 0.25) is 0 Å². The van der Waals surface area contributed by atoms with Crippen LogP contribution in [-0.4, -0.2) is 54.6 Å². The summed E-state index contributed by atoms with van der Waals surface area (Å²) < 4.78 is 0. The minimum atomic E-state index is 0.266. The first-order valence-electron chi connectivity index (χ1n) is 6.45. The van der Waals surface area contributed by atoms with Crippen LogP contribution in [0, 0.1) is 0 Å². The van der Waals surface area contributed by atoms with Crippen molar-refractivity contribution in [1.29, 1.82) is 0 Å². The monoisotopic (exact) mass is 225 g/mol. The first kappa shape index (κ1) is 11.9. The van der Waals surface area contributed by atoms with Gasteiger partial charge in [-0.05, 0) is 26.3 Å². The largest absolute Gasteiger partial charge is 0.325 e. The Balaban J connectivity index is 1.78. The van der Waals surface area contributed by atoms with Crippen molar-refractivity contribution in [2.24, 2.45) is 0 Å². The van der Waals surface area contributed by atoms with Crippen molar-refractivity contribution in [1.82, 2.24) is 15.1 Å². The molecule has 0 radical (unpaired) electrons. The Morgan fingerprint density at radius 3 is 2.88 bits per heavy atom. The molecule has 4 heteroatoms. The molecule has 0 aromatic carbocycles. The fraction of sp³-hybridized carbons (Fsp3) is 0.917. The third-order valence-electron chi connectivity index (χ3n) is 3.61. The molecular weight excluding hydrogens is 202 g/mol. The summed E-state index contributed by atoms with van der Waals surface area (Å²) in [5, 5.41) is 3.28. The van der Waals surface area contributed by atoms with E-state index < -0.39 is 0 Å². The van der Waals surface area contributed by atoms with E-state index in [1.54, 1.807) is 0 Å². The third-order valence-corrected chi connectivity index (χ3v) is 3.61. The van der Waals surface area contributed by atoms with Crippen LogP contribution in [0.4, 0.5) is 0 Å². The van der Waals surface area contributed by atoms with Crippen molar-refractivity contribution in [3.8, 4) is 0 Å². The van der Waals surface area contributed by atoms with Gasteiger partial charge in [0.05, 0.1) is 12.7 Å². The van der Waals surface area contributed by atoms with Crippen LogP contribution in [0.25, 0.3) is 0 Å². The summed E-state index contributed by atoms with van der Waals surface area (Å²) in [4.78, 5) is 16.1. The van der Waals surface area contributed by atoms with Crippen LogP contribution in [-0.2, 0) is 4.79 Å². The average Bonchev–Trinajstić information content (AvgIpc) is 3.04. The van der Waals surface area contributed by atoms with Crippen LogP contribution in [0.3, 0.4) is 0 Å². The zero-order valence-corrected chi connectivity index (χ0v) is 10.4. The van der Waals surface area contributed by atoms with E-state index in [1.807, 2.05) is 4.90 Å². The second-order valence-corrected chi connectivity index (χ2v) is 4.98. The number of amides is 1. The van der Waals surface area contributed by atoms with Gasteiger partial charge in [-0.3, -0.25) is 10.1 Å². The van der Waals surface area contributed by atoms with Gasteiger partial charge in [0.25, 0.3) is 0 Å². The van der Waals surface area contributed by atoms with Gasteiger partial charge in [-0.2, -0.15) is 0 Å². The van der Waals surface area contributed by atoms with Gasteiger partial charge < -0.3 is 9.80 Å². The standard InChI is InChI=1S/C12H23N3O/c1-3-4-11-13-9-12(16)15(11)8-7-14(2)10-5-6-10/h10-11,13H,3-9H2,1-2H3. The number of nitrogens with zero attached hydrogens (tertiary/aromatic N) is 2. The van der Waals surface area contributed by atoms with Crippen molar-refractivity contribution < 1.29 is 4.79 Å². The molecule has 1 saturated heterocycles. The Labute approximate surface area is 98.0 Å². The van der Waals surface area contributed by atoms with E-state index in [0.29, 0.717) is 6.54 Å². The molecule has 1 saturated carbocycles. The van der Waals surface area contributed by atoms with E-state index >= 15 is 0 Å². The molecule has 92 valence electrons. The zero-order valence-electron chi connectivity index (χ0n) is 10.4. The second-order valence-electron chi connectivity index (χ2n) is 4.98. The predicted molar refractivity (Wildman–Crippen MR) is 64.1 cm³/mol. The minimum Gasteiger partial charge on any atom is -0.325 e. The fourth-order valence-electron chi connectivity index (χ4n) is 2.37. The SMILES string of the molecule is CCCC1NCC(=O)N1CCN(C)C1CC1. The molecule has 2 aliphatic rings. The second kappa shape index (κ2) is 5.15. The number of rotatable bonds is 6. The van der Waals surface area contributed by atoms with Crippen molar-refractivity contribution >= 4 is 5.91 Å². The number of hydrogen-bond donors (Lipinski definition) is 1. The number of nitrogens with one attached hydrogen (secondary N) is 1. The lowest BCUT2D eigenvalue weighted by Gasteiger charge is -2.26. The summed E-state index contributed by atoms with van der Waals surface area (Å²) in [6.45, 7) is 4.58. The topological polar surface area (TPSA) is 35.6 Å². The minimum absolute atomic E-state index is 0.266. The molecule has 0 aromatic heterocycles. The van der Waals surface area contributed by atoms with E-state index in [9.17, 15) is 4.79 Å².